The van der Waals surface area contributed by atoms with Crippen molar-refractivity contribution in [2.24, 2.45) is 5.92 Å². The van der Waals surface area contributed by atoms with Crippen LogP contribution < -0.4 is 10.6 Å². The molecule has 0 aromatic rings. The van der Waals surface area contributed by atoms with Gasteiger partial charge in [-0.15, -0.1) is 0 Å². The molecular weight excluding hydrogens is 180 g/mol. The minimum Gasteiger partial charge on any atom is -0.355 e. The number of rotatable bonds is 4. The van der Waals surface area contributed by atoms with Gasteiger partial charge in [-0.3, -0.25) is 9.59 Å². The number of hydrogen-bond donors (Lipinski definition) is 2. The highest BCUT2D eigenvalue weighted by Gasteiger charge is 2.28. The van der Waals surface area contributed by atoms with Crippen LogP contribution in [0.15, 0.2) is 0 Å². The smallest absolute Gasteiger partial charge is 0.223 e. The van der Waals surface area contributed by atoms with Gasteiger partial charge in [0.05, 0.1) is 0 Å². The molecule has 14 heavy (non-hydrogen) atoms. The van der Waals surface area contributed by atoms with Crippen molar-refractivity contribution in [1.82, 2.24) is 10.6 Å². The van der Waals surface area contributed by atoms with Crippen molar-refractivity contribution in [3.8, 4) is 0 Å². The predicted molar refractivity (Wildman–Crippen MR) is 55.8 cm³/mol. The third kappa shape index (κ3) is 6.46. The summed E-state index contributed by atoms with van der Waals surface area (Å²) in [5.41, 5.74) is 0. The monoisotopic (exact) mass is 200 g/mol. The Kier molecular flexibility index (Phi) is 6.80. The maximum atomic E-state index is 11.0. The zero-order valence-corrected chi connectivity index (χ0v) is 9.22. The summed E-state index contributed by atoms with van der Waals surface area (Å²) >= 11 is 0. The highest BCUT2D eigenvalue weighted by atomic mass is 16.2. The zero-order chi connectivity index (χ0) is 11.0. The van der Waals surface area contributed by atoms with E-state index < -0.39 is 0 Å². The molecule has 0 aliphatic heterocycles. The van der Waals surface area contributed by atoms with E-state index >= 15 is 0 Å². The lowest BCUT2D eigenvalue weighted by Gasteiger charge is -2.03. The van der Waals surface area contributed by atoms with Crippen LogP contribution in [0, 0.1) is 5.92 Å². The Morgan fingerprint density at radius 2 is 1.64 bits per heavy atom. The van der Waals surface area contributed by atoms with Crippen molar-refractivity contribution in [2.45, 2.75) is 33.6 Å². The minimum atomic E-state index is -0.0596. The molecule has 2 amide bonds. The molecule has 0 bridgehead atoms. The Labute approximate surface area is 85.4 Å². The van der Waals surface area contributed by atoms with Crippen LogP contribution in [0.4, 0.5) is 0 Å². The normalized spacial score (nSPS) is 13.6. The van der Waals surface area contributed by atoms with Crippen LogP contribution >= 0.6 is 0 Å². The summed E-state index contributed by atoms with van der Waals surface area (Å²) in [5, 5.41) is 5.35. The van der Waals surface area contributed by atoms with Gasteiger partial charge in [0.15, 0.2) is 0 Å². The summed E-state index contributed by atoms with van der Waals surface area (Å²) in [6.07, 6.45) is 2.04. The van der Waals surface area contributed by atoms with E-state index in [1.807, 2.05) is 13.8 Å². The van der Waals surface area contributed by atoms with E-state index in [4.69, 9.17) is 0 Å². The van der Waals surface area contributed by atoms with E-state index in [0.29, 0.717) is 13.1 Å². The molecule has 1 fully saturated rings. The van der Waals surface area contributed by atoms with Gasteiger partial charge in [-0.2, -0.15) is 0 Å². The van der Waals surface area contributed by atoms with Crippen molar-refractivity contribution in [3.05, 3.63) is 0 Å². The Hall–Kier alpha value is -1.06. The van der Waals surface area contributed by atoms with Gasteiger partial charge in [0, 0.05) is 25.9 Å². The number of nitrogens with one attached hydrogen (secondary N) is 2. The lowest BCUT2D eigenvalue weighted by Crippen LogP contribution is -2.34. The van der Waals surface area contributed by atoms with Gasteiger partial charge >= 0.3 is 0 Å². The fourth-order valence-electron chi connectivity index (χ4n) is 0.914. The molecule has 0 atom stereocenters. The first-order chi connectivity index (χ1) is 6.70. The predicted octanol–water partition coefficient (Wildman–Crippen LogP) is 0.675. The summed E-state index contributed by atoms with van der Waals surface area (Å²) in [7, 11) is 0. The van der Waals surface area contributed by atoms with E-state index in [-0.39, 0.29) is 17.7 Å². The third-order valence-electron chi connectivity index (χ3n) is 1.75. The van der Waals surface area contributed by atoms with Crippen LogP contribution in [-0.2, 0) is 9.59 Å². The van der Waals surface area contributed by atoms with Crippen molar-refractivity contribution in [3.63, 3.8) is 0 Å². The number of amides is 2. The maximum absolute atomic E-state index is 11.0. The Morgan fingerprint density at radius 1 is 1.14 bits per heavy atom. The average molecular weight is 200 g/mol. The minimum absolute atomic E-state index is 0.0596. The van der Waals surface area contributed by atoms with Gasteiger partial charge in [0.1, 0.15) is 0 Å². The second-order valence-corrected chi connectivity index (χ2v) is 3.05. The molecule has 0 heterocycles. The van der Waals surface area contributed by atoms with Gasteiger partial charge in [-0.1, -0.05) is 13.8 Å². The summed E-state index contributed by atoms with van der Waals surface area (Å²) in [4.78, 5) is 21.4. The number of carbonyl (C=O) groups excluding carboxylic acids is 2. The second kappa shape index (κ2) is 7.35. The summed E-state index contributed by atoms with van der Waals surface area (Å²) in [6.45, 7) is 6.52. The summed E-state index contributed by atoms with van der Waals surface area (Å²) < 4.78 is 0. The molecule has 1 aliphatic carbocycles. The van der Waals surface area contributed by atoms with Crippen LogP contribution in [0.2, 0.25) is 0 Å². The zero-order valence-electron chi connectivity index (χ0n) is 9.22. The highest BCUT2D eigenvalue weighted by molar-refractivity contribution is 5.80. The molecule has 0 unspecified atom stereocenters. The first kappa shape index (κ1) is 12.9. The molecule has 4 heteroatoms. The third-order valence-corrected chi connectivity index (χ3v) is 1.75. The maximum Gasteiger partial charge on any atom is 0.223 e. The van der Waals surface area contributed by atoms with E-state index in [0.717, 1.165) is 12.8 Å². The molecule has 1 saturated carbocycles. The highest BCUT2D eigenvalue weighted by Crippen LogP contribution is 2.28. The van der Waals surface area contributed by atoms with Gasteiger partial charge in [-0.05, 0) is 12.8 Å². The molecule has 0 radical (unpaired) electrons. The van der Waals surface area contributed by atoms with Gasteiger partial charge in [0.25, 0.3) is 0 Å². The second-order valence-electron chi connectivity index (χ2n) is 3.05. The van der Waals surface area contributed by atoms with Crippen molar-refractivity contribution >= 4 is 11.8 Å². The fraction of sp³-hybridized carbons (Fsp3) is 0.800. The van der Waals surface area contributed by atoms with Crippen LogP contribution in [0.5, 0.6) is 0 Å². The van der Waals surface area contributed by atoms with Crippen LogP contribution in [0.3, 0.4) is 0 Å². The fourth-order valence-corrected chi connectivity index (χ4v) is 0.914. The molecule has 4 nitrogen and oxygen atoms in total. The summed E-state index contributed by atoms with van der Waals surface area (Å²) in [6, 6.07) is 0. The SMILES string of the molecule is CC.CC(=O)NCCNC(=O)C1CC1. The Balaban J connectivity index is 0.000000791. The molecule has 0 aromatic heterocycles. The summed E-state index contributed by atoms with van der Waals surface area (Å²) in [5.74, 6) is 0.318. The topological polar surface area (TPSA) is 58.2 Å². The molecule has 1 aliphatic rings. The molecule has 0 spiro atoms. The largest absolute Gasteiger partial charge is 0.355 e. The van der Waals surface area contributed by atoms with E-state index in [9.17, 15) is 9.59 Å². The first-order valence-corrected chi connectivity index (χ1v) is 5.22. The standard InChI is InChI=1S/C8H14N2O2.C2H6/c1-6(11)9-4-5-10-8(12)7-2-3-7;1-2/h7H,2-5H2,1H3,(H,9,11)(H,10,12);1-2H3. The molecule has 2 N–H and O–H groups in total. The van der Waals surface area contributed by atoms with Crippen LogP contribution in [0.25, 0.3) is 0 Å². The first-order valence-electron chi connectivity index (χ1n) is 5.22. The Bertz CT molecular complexity index is 189. The quantitative estimate of drug-likeness (QED) is 0.655. The Morgan fingerprint density at radius 3 is 2.07 bits per heavy atom. The number of hydrogen-bond acceptors (Lipinski definition) is 2. The molecule has 1 rings (SSSR count). The van der Waals surface area contributed by atoms with Gasteiger partial charge in [0.2, 0.25) is 11.8 Å². The number of carbonyl (C=O) groups is 2. The molecule has 82 valence electrons. The average Bonchev–Trinajstić information content (AvgIpc) is 2.98. The molecule has 0 saturated heterocycles. The van der Waals surface area contributed by atoms with Crippen LogP contribution in [-0.4, -0.2) is 24.9 Å². The van der Waals surface area contributed by atoms with E-state index in [2.05, 4.69) is 10.6 Å². The lowest BCUT2D eigenvalue weighted by atomic mass is 10.4. The van der Waals surface area contributed by atoms with Crippen molar-refractivity contribution in [2.75, 3.05) is 13.1 Å². The van der Waals surface area contributed by atoms with Crippen LogP contribution in [0.1, 0.15) is 33.6 Å². The van der Waals surface area contributed by atoms with Crippen molar-refractivity contribution in [1.29, 1.82) is 0 Å². The van der Waals surface area contributed by atoms with Crippen molar-refractivity contribution < 1.29 is 9.59 Å². The van der Waals surface area contributed by atoms with Gasteiger partial charge < -0.3 is 10.6 Å². The van der Waals surface area contributed by atoms with E-state index in [1.54, 1.807) is 0 Å². The lowest BCUT2D eigenvalue weighted by molar-refractivity contribution is -0.123. The molecular formula is C10H20N2O2. The van der Waals surface area contributed by atoms with E-state index in [1.165, 1.54) is 6.92 Å². The van der Waals surface area contributed by atoms with Gasteiger partial charge in [-0.25, -0.2) is 0 Å². The molecule has 0 aromatic carbocycles.